The van der Waals surface area contributed by atoms with Gasteiger partial charge in [0.2, 0.25) is 6.79 Å². The third-order valence-electron chi connectivity index (χ3n) is 5.11. The zero-order valence-electron chi connectivity index (χ0n) is 17.6. The summed E-state index contributed by atoms with van der Waals surface area (Å²) in [5.41, 5.74) is 2.37. The minimum Gasteiger partial charge on any atom is -0.496 e. The second-order valence-electron chi connectivity index (χ2n) is 7.15. The number of thioether (sulfide) groups is 1. The number of hydrogen-bond donors (Lipinski definition) is 1. The monoisotopic (exact) mass is 473 g/mol. The lowest BCUT2D eigenvalue weighted by atomic mass is 10.1. The lowest BCUT2D eigenvalue weighted by molar-refractivity contribution is -0.112. The van der Waals surface area contributed by atoms with Crippen molar-refractivity contribution in [2.24, 2.45) is 0 Å². The topological polar surface area (TPSA) is 83.8 Å². The molecule has 168 valence electrons. The number of carbonyl (C=O) groups excluding carboxylic acids is 1. The summed E-state index contributed by atoms with van der Waals surface area (Å²) in [7, 11) is 1.65. The molecule has 0 spiro atoms. The van der Waals surface area contributed by atoms with E-state index < -0.39 is 5.91 Å². The van der Waals surface area contributed by atoms with E-state index in [0.29, 0.717) is 17.2 Å². The van der Waals surface area contributed by atoms with Crippen molar-refractivity contribution in [2.75, 3.05) is 43.8 Å². The molecule has 1 N–H and O–H groups in total. The van der Waals surface area contributed by atoms with Gasteiger partial charge in [0.25, 0.3) is 5.91 Å². The Morgan fingerprint density at radius 2 is 2.00 bits per heavy atom. The first kappa shape index (κ1) is 23.8. The zero-order chi connectivity index (χ0) is 21.6. The molecule has 0 radical (unpaired) electrons. The number of nitrogens with zero attached hydrogens (tertiary/aromatic N) is 2. The van der Waals surface area contributed by atoms with Crippen molar-refractivity contribution >= 4 is 41.8 Å². The third kappa shape index (κ3) is 5.68. The molecule has 32 heavy (non-hydrogen) atoms. The van der Waals surface area contributed by atoms with E-state index in [4.69, 9.17) is 14.2 Å². The number of amides is 1. The van der Waals surface area contributed by atoms with Crippen LogP contribution in [0.1, 0.15) is 11.1 Å². The molecule has 0 bridgehead atoms. The number of halogens is 1. The number of ether oxygens (including phenoxy) is 3. The Kier molecular flexibility index (Phi) is 8.28. The van der Waals surface area contributed by atoms with Gasteiger partial charge in [0.05, 0.1) is 7.11 Å². The molecule has 7 nitrogen and oxygen atoms in total. The molecule has 0 aliphatic carbocycles. The summed E-state index contributed by atoms with van der Waals surface area (Å²) in [4.78, 5) is 15.1. The predicted molar refractivity (Wildman–Crippen MR) is 128 cm³/mol. The maximum atomic E-state index is 12.7. The van der Waals surface area contributed by atoms with E-state index >= 15 is 0 Å². The summed E-state index contributed by atoms with van der Waals surface area (Å²) in [5.74, 6) is 3.77. The quantitative estimate of drug-likeness (QED) is 0.502. The molecule has 9 heteroatoms. The number of carbonyl (C=O) groups is 1. The maximum absolute atomic E-state index is 12.7. The number of methoxy groups -OCH3 is 1. The molecule has 0 atom stereocenters. The lowest BCUT2D eigenvalue weighted by Gasteiger charge is -2.26. The number of anilines is 1. The second kappa shape index (κ2) is 11.1. The molecule has 2 aromatic rings. The van der Waals surface area contributed by atoms with Crippen molar-refractivity contribution in [3.8, 4) is 23.3 Å². The Bertz CT molecular complexity index is 1050. The number of fused-ring (bicyclic) bond motifs is 1. The number of benzene rings is 2. The zero-order valence-corrected chi connectivity index (χ0v) is 19.3. The normalized spacial score (nSPS) is 15.4. The van der Waals surface area contributed by atoms with Gasteiger partial charge in [-0.05, 0) is 35.9 Å². The van der Waals surface area contributed by atoms with Crippen molar-refractivity contribution in [3.63, 3.8) is 0 Å². The van der Waals surface area contributed by atoms with Gasteiger partial charge in [-0.15, -0.1) is 12.4 Å². The van der Waals surface area contributed by atoms with Crippen molar-refractivity contribution in [2.45, 2.75) is 6.54 Å². The van der Waals surface area contributed by atoms with E-state index in [1.165, 1.54) is 0 Å². The molecular formula is C23H24ClN3O4S. The summed E-state index contributed by atoms with van der Waals surface area (Å²) >= 11 is 1.97. The standard InChI is InChI=1S/C23H23N3O4S.ClH/c1-28-20-4-2-16(11-18(20)14-26-6-8-31-9-7-26)10-17(13-24)23(27)25-19-3-5-21-22(12-19)30-15-29-21;/h2-5,10-12H,6-9,14-15H2,1H3,(H,25,27);1H. The van der Waals surface area contributed by atoms with Crippen LogP contribution in [0.25, 0.3) is 6.08 Å². The molecule has 0 unspecified atom stereocenters. The van der Waals surface area contributed by atoms with Crippen molar-refractivity contribution in [3.05, 3.63) is 53.1 Å². The molecule has 2 heterocycles. The van der Waals surface area contributed by atoms with Crippen LogP contribution in [0.5, 0.6) is 17.2 Å². The van der Waals surface area contributed by atoms with Crippen LogP contribution >= 0.6 is 24.2 Å². The molecule has 0 aromatic heterocycles. The highest BCUT2D eigenvalue weighted by atomic mass is 35.5. The maximum Gasteiger partial charge on any atom is 0.266 e. The van der Waals surface area contributed by atoms with E-state index in [9.17, 15) is 10.1 Å². The molecule has 2 aliphatic rings. The van der Waals surface area contributed by atoms with Gasteiger partial charge in [-0.2, -0.15) is 17.0 Å². The van der Waals surface area contributed by atoms with Gasteiger partial charge in [0.1, 0.15) is 17.4 Å². The van der Waals surface area contributed by atoms with Crippen LogP contribution in [0, 0.1) is 11.3 Å². The minimum atomic E-state index is -0.480. The Balaban J connectivity index is 0.00000289. The molecular weight excluding hydrogens is 450 g/mol. The molecule has 4 rings (SSSR count). The highest BCUT2D eigenvalue weighted by molar-refractivity contribution is 7.99. The van der Waals surface area contributed by atoms with E-state index in [2.05, 4.69) is 10.2 Å². The third-order valence-corrected chi connectivity index (χ3v) is 6.05. The predicted octanol–water partition coefficient (Wildman–Crippen LogP) is 3.94. The van der Waals surface area contributed by atoms with Crippen molar-refractivity contribution in [1.29, 1.82) is 5.26 Å². The first-order valence-electron chi connectivity index (χ1n) is 9.96. The fraction of sp³-hybridized carbons (Fsp3) is 0.304. The smallest absolute Gasteiger partial charge is 0.266 e. The van der Waals surface area contributed by atoms with Gasteiger partial charge in [0, 0.05) is 48.5 Å². The summed E-state index contributed by atoms with van der Waals surface area (Å²) in [5, 5.41) is 12.3. The Labute approximate surface area is 197 Å². The van der Waals surface area contributed by atoms with E-state index in [0.717, 1.165) is 48.0 Å². The van der Waals surface area contributed by atoms with Crippen LogP contribution in [-0.2, 0) is 11.3 Å². The van der Waals surface area contributed by atoms with Crippen LogP contribution < -0.4 is 19.5 Å². The van der Waals surface area contributed by atoms with E-state index in [-0.39, 0.29) is 24.8 Å². The average Bonchev–Trinajstić information content (AvgIpc) is 3.26. The van der Waals surface area contributed by atoms with Crippen molar-refractivity contribution < 1.29 is 19.0 Å². The van der Waals surface area contributed by atoms with Crippen LogP contribution in [0.2, 0.25) is 0 Å². The molecule has 0 saturated carbocycles. The Morgan fingerprint density at radius 1 is 1.22 bits per heavy atom. The van der Waals surface area contributed by atoms with Crippen LogP contribution in [-0.4, -0.2) is 49.3 Å². The molecule has 2 aliphatic heterocycles. The Morgan fingerprint density at radius 3 is 2.75 bits per heavy atom. The fourth-order valence-corrected chi connectivity index (χ4v) is 4.48. The number of hydrogen-bond acceptors (Lipinski definition) is 7. The second-order valence-corrected chi connectivity index (χ2v) is 8.38. The van der Waals surface area contributed by atoms with E-state index in [1.54, 1.807) is 31.4 Å². The molecule has 1 saturated heterocycles. The number of nitriles is 1. The molecule has 1 fully saturated rings. The van der Waals surface area contributed by atoms with Crippen LogP contribution in [0.3, 0.4) is 0 Å². The average molecular weight is 474 g/mol. The molecule has 2 aromatic carbocycles. The number of rotatable bonds is 6. The first-order valence-corrected chi connectivity index (χ1v) is 11.1. The SMILES string of the molecule is COc1ccc(C=C(C#N)C(=O)Nc2ccc3c(c2)OCO3)cc1CN1CCSCC1.Cl. The summed E-state index contributed by atoms with van der Waals surface area (Å²) < 4.78 is 16.1. The number of nitrogens with one attached hydrogen (secondary N) is 1. The van der Waals surface area contributed by atoms with Crippen LogP contribution in [0.4, 0.5) is 5.69 Å². The van der Waals surface area contributed by atoms with Gasteiger partial charge in [0.15, 0.2) is 11.5 Å². The highest BCUT2D eigenvalue weighted by Crippen LogP contribution is 2.34. The van der Waals surface area contributed by atoms with E-state index in [1.807, 2.05) is 36.0 Å². The molecule has 1 amide bonds. The minimum absolute atomic E-state index is 0. The first-order chi connectivity index (χ1) is 15.2. The highest BCUT2D eigenvalue weighted by Gasteiger charge is 2.17. The fourth-order valence-electron chi connectivity index (χ4n) is 3.50. The van der Waals surface area contributed by atoms with Gasteiger partial charge >= 0.3 is 0 Å². The summed E-state index contributed by atoms with van der Waals surface area (Å²) in [6.45, 7) is 3.01. The van der Waals surface area contributed by atoms with Gasteiger partial charge in [-0.3, -0.25) is 9.69 Å². The summed E-state index contributed by atoms with van der Waals surface area (Å²) in [6, 6.07) is 12.8. The lowest BCUT2D eigenvalue weighted by Crippen LogP contribution is -2.32. The van der Waals surface area contributed by atoms with Gasteiger partial charge in [-0.1, -0.05) is 6.07 Å². The Hall–Kier alpha value is -2.86. The van der Waals surface area contributed by atoms with Crippen molar-refractivity contribution in [1.82, 2.24) is 4.90 Å². The summed E-state index contributed by atoms with van der Waals surface area (Å²) in [6.07, 6.45) is 1.59. The van der Waals surface area contributed by atoms with Crippen LogP contribution in [0.15, 0.2) is 42.0 Å². The van der Waals surface area contributed by atoms with Gasteiger partial charge in [-0.25, -0.2) is 0 Å². The largest absolute Gasteiger partial charge is 0.496 e. The van der Waals surface area contributed by atoms with Gasteiger partial charge < -0.3 is 19.5 Å².